The number of carbonyl (C=O) groups is 1. The molecule has 0 atom stereocenters. The molecule has 0 fully saturated rings. The third-order valence-electron chi connectivity index (χ3n) is 3.89. The second-order valence-corrected chi connectivity index (χ2v) is 6.83. The van der Waals surface area contributed by atoms with Gasteiger partial charge in [-0.05, 0) is 36.6 Å². The molecule has 0 unspecified atom stereocenters. The van der Waals surface area contributed by atoms with Crippen molar-refractivity contribution >= 4 is 33.5 Å². The van der Waals surface area contributed by atoms with Crippen molar-refractivity contribution in [2.75, 3.05) is 25.5 Å². The van der Waals surface area contributed by atoms with Gasteiger partial charge >= 0.3 is 0 Å². The molecule has 0 heterocycles. The Balaban J connectivity index is 1.69. The van der Waals surface area contributed by atoms with Gasteiger partial charge in [0.05, 0.1) is 0 Å². The van der Waals surface area contributed by atoms with Gasteiger partial charge in [-0.15, -0.1) is 0 Å². The summed E-state index contributed by atoms with van der Waals surface area (Å²) in [5, 5.41) is 9.36. The standard InChI is InChI=1S/C20H25BrN4O/c1-15-8-9-17(21)14-18(15)25-19(26)11-13-24-20(22-2)23-12-10-16-6-4-3-5-7-16/h3-9,14H,10-13H2,1-2H3,(H,25,26)(H2,22,23,24). The Bertz CT molecular complexity index is 747. The Kier molecular flexibility index (Phi) is 8.15. The van der Waals surface area contributed by atoms with Gasteiger partial charge < -0.3 is 16.0 Å². The molecule has 0 radical (unpaired) electrons. The molecule has 0 saturated carbocycles. The highest BCUT2D eigenvalue weighted by Gasteiger charge is 2.06. The third kappa shape index (κ3) is 6.88. The number of nitrogens with zero attached hydrogens (tertiary/aromatic N) is 1. The maximum atomic E-state index is 12.1. The smallest absolute Gasteiger partial charge is 0.226 e. The summed E-state index contributed by atoms with van der Waals surface area (Å²) < 4.78 is 0.944. The molecule has 0 spiro atoms. The summed E-state index contributed by atoms with van der Waals surface area (Å²) in [6.45, 7) is 3.27. The lowest BCUT2D eigenvalue weighted by atomic mass is 10.1. The molecule has 6 heteroatoms. The number of hydrogen-bond acceptors (Lipinski definition) is 2. The van der Waals surface area contributed by atoms with Crippen LogP contribution >= 0.6 is 15.9 Å². The van der Waals surface area contributed by atoms with Crippen molar-refractivity contribution in [3.63, 3.8) is 0 Å². The fourth-order valence-corrected chi connectivity index (χ4v) is 2.79. The molecule has 0 aliphatic heterocycles. The van der Waals surface area contributed by atoms with E-state index in [-0.39, 0.29) is 5.91 Å². The number of amides is 1. The van der Waals surface area contributed by atoms with Crippen LogP contribution in [0.5, 0.6) is 0 Å². The molecule has 2 aromatic rings. The molecule has 2 rings (SSSR count). The van der Waals surface area contributed by atoms with Crippen LogP contribution in [0.3, 0.4) is 0 Å². The van der Waals surface area contributed by atoms with E-state index in [0.29, 0.717) is 18.9 Å². The summed E-state index contributed by atoms with van der Waals surface area (Å²) in [4.78, 5) is 16.3. The van der Waals surface area contributed by atoms with E-state index in [9.17, 15) is 4.79 Å². The first-order valence-corrected chi connectivity index (χ1v) is 9.42. The largest absolute Gasteiger partial charge is 0.356 e. The number of guanidine groups is 1. The zero-order valence-electron chi connectivity index (χ0n) is 15.2. The summed E-state index contributed by atoms with van der Waals surface area (Å²) in [5.41, 5.74) is 3.14. The van der Waals surface area contributed by atoms with Crippen molar-refractivity contribution in [1.82, 2.24) is 10.6 Å². The molecular weight excluding hydrogens is 392 g/mol. The number of anilines is 1. The van der Waals surface area contributed by atoms with Crippen LogP contribution in [0, 0.1) is 6.92 Å². The van der Waals surface area contributed by atoms with Crippen molar-refractivity contribution in [1.29, 1.82) is 0 Å². The van der Waals surface area contributed by atoms with Gasteiger partial charge in [0.1, 0.15) is 0 Å². The number of aryl methyl sites for hydroxylation is 1. The molecule has 0 aromatic heterocycles. The minimum atomic E-state index is -0.0292. The molecular formula is C20H25BrN4O. The molecule has 0 aliphatic carbocycles. The lowest BCUT2D eigenvalue weighted by Crippen LogP contribution is -2.39. The highest BCUT2D eigenvalue weighted by Crippen LogP contribution is 2.20. The van der Waals surface area contributed by atoms with Gasteiger partial charge in [-0.1, -0.05) is 52.3 Å². The van der Waals surface area contributed by atoms with Crippen molar-refractivity contribution in [3.05, 3.63) is 64.1 Å². The number of aliphatic imine (C=N–C) groups is 1. The maximum absolute atomic E-state index is 12.1. The quantitative estimate of drug-likeness (QED) is 0.477. The predicted octanol–water partition coefficient (Wildman–Crippen LogP) is 3.49. The molecule has 5 nitrogen and oxygen atoms in total. The molecule has 3 N–H and O–H groups in total. The van der Waals surface area contributed by atoms with E-state index in [1.165, 1.54) is 5.56 Å². The van der Waals surface area contributed by atoms with E-state index in [0.717, 1.165) is 28.7 Å². The summed E-state index contributed by atoms with van der Waals surface area (Å²) in [6, 6.07) is 16.1. The minimum Gasteiger partial charge on any atom is -0.356 e. The van der Waals surface area contributed by atoms with E-state index in [1.54, 1.807) is 7.05 Å². The topological polar surface area (TPSA) is 65.5 Å². The number of nitrogens with one attached hydrogen (secondary N) is 3. The first-order chi connectivity index (χ1) is 12.6. The zero-order chi connectivity index (χ0) is 18.8. The highest BCUT2D eigenvalue weighted by molar-refractivity contribution is 9.10. The molecule has 2 aromatic carbocycles. The molecule has 26 heavy (non-hydrogen) atoms. The lowest BCUT2D eigenvalue weighted by molar-refractivity contribution is -0.116. The third-order valence-corrected chi connectivity index (χ3v) is 4.38. The number of rotatable bonds is 7. The first-order valence-electron chi connectivity index (χ1n) is 8.63. The van der Waals surface area contributed by atoms with Gasteiger partial charge in [-0.3, -0.25) is 9.79 Å². The van der Waals surface area contributed by atoms with E-state index in [1.807, 2.05) is 43.3 Å². The Morgan fingerprint density at radius 1 is 1.08 bits per heavy atom. The van der Waals surface area contributed by atoms with Crippen LogP contribution in [-0.4, -0.2) is 32.0 Å². The number of halogens is 1. The van der Waals surface area contributed by atoms with Crippen LogP contribution in [0.1, 0.15) is 17.5 Å². The number of hydrogen-bond donors (Lipinski definition) is 3. The second kappa shape index (κ2) is 10.6. The zero-order valence-corrected chi connectivity index (χ0v) is 16.8. The fourth-order valence-electron chi connectivity index (χ4n) is 2.43. The second-order valence-electron chi connectivity index (χ2n) is 5.92. The van der Waals surface area contributed by atoms with Crippen LogP contribution in [0.4, 0.5) is 5.69 Å². The monoisotopic (exact) mass is 416 g/mol. The molecule has 0 aliphatic rings. The van der Waals surface area contributed by atoms with Crippen LogP contribution in [0.25, 0.3) is 0 Å². The van der Waals surface area contributed by atoms with Gasteiger partial charge in [0.15, 0.2) is 5.96 Å². The number of benzene rings is 2. The Morgan fingerprint density at radius 2 is 1.81 bits per heavy atom. The first kappa shape index (κ1) is 20.0. The van der Waals surface area contributed by atoms with Gasteiger partial charge in [0, 0.05) is 36.7 Å². The van der Waals surface area contributed by atoms with Crippen molar-refractivity contribution in [3.8, 4) is 0 Å². The van der Waals surface area contributed by atoms with E-state index in [2.05, 4.69) is 49.0 Å². The Hall–Kier alpha value is -2.34. The van der Waals surface area contributed by atoms with Crippen molar-refractivity contribution in [2.24, 2.45) is 4.99 Å². The molecule has 1 amide bonds. The average molecular weight is 417 g/mol. The maximum Gasteiger partial charge on any atom is 0.226 e. The predicted molar refractivity (Wildman–Crippen MR) is 112 cm³/mol. The van der Waals surface area contributed by atoms with Gasteiger partial charge in [0.25, 0.3) is 0 Å². The van der Waals surface area contributed by atoms with Gasteiger partial charge in [-0.2, -0.15) is 0 Å². The minimum absolute atomic E-state index is 0.0292. The summed E-state index contributed by atoms with van der Waals surface area (Å²) >= 11 is 3.42. The van der Waals surface area contributed by atoms with E-state index in [4.69, 9.17) is 0 Å². The van der Waals surface area contributed by atoms with Crippen molar-refractivity contribution in [2.45, 2.75) is 19.8 Å². The van der Waals surface area contributed by atoms with Crippen molar-refractivity contribution < 1.29 is 4.79 Å². The summed E-state index contributed by atoms with van der Waals surface area (Å²) in [5.74, 6) is 0.672. The SMILES string of the molecule is CN=C(NCCC(=O)Nc1cc(Br)ccc1C)NCCc1ccccc1. The van der Waals surface area contributed by atoms with Gasteiger partial charge in [-0.25, -0.2) is 0 Å². The number of carbonyl (C=O) groups excluding carboxylic acids is 1. The summed E-state index contributed by atoms with van der Waals surface area (Å²) in [7, 11) is 1.72. The van der Waals surface area contributed by atoms with Crippen LogP contribution in [0.2, 0.25) is 0 Å². The Morgan fingerprint density at radius 3 is 2.54 bits per heavy atom. The van der Waals surface area contributed by atoms with Crippen LogP contribution < -0.4 is 16.0 Å². The van der Waals surface area contributed by atoms with Gasteiger partial charge in [0.2, 0.25) is 5.91 Å². The summed E-state index contributed by atoms with van der Waals surface area (Å²) in [6.07, 6.45) is 1.29. The highest BCUT2D eigenvalue weighted by atomic mass is 79.9. The fraction of sp³-hybridized carbons (Fsp3) is 0.300. The van der Waals surface area contributed by atoms with Crippen LogP contribution in [-0.2, 0) is 11.2 Å². The molecule has 0 saturated heterocycles. The average Bonchev–Trinajstić information content (AvgIpc) is 2.64. The van der Waals surface area contributed by atoms with E-state index < -0.39 is 0 Å². The lowest BCUT2D eigenvalue weighted by Gasteiger charge is -2.12. The molecule has 0 bridgehead atoms. The normalized spacial score (nSPS) is 11.1. The Labute approximate surface area is 163 Å². The molecule has 138 valence electrons. The van der Waals surface area contributed by atoms with Crippen LogP contribution in [0.15, 0.2) is 58.0 Å². The van der Waals surface area contributed by atoms with E-state index >= 15 is 0 Å².